The molecule has 2 N–H and O–H groups in total. The van der Waals surface area contributed by atoms with E-state index in [0.717, 1.165) is 0 Å². The van der Waals surface area contributed by atoms with Crippen LogP contribution in [0.25, 0.3) is 5.57 Å². The molecule has 74 valence electrons. The van der Waals surface area contributed by atoms with E-state index in [1.54, 1.807) is 0 Å². The SMILES string of the molecule is CC(N)c1ccccc1C1=CCCC1. The van der Waals surface area contributed by atoms with Crippen molar-refractivity contribution in [3.8, 4) is 0 Å². The highest BCUT2D eigenvalue weighted by atomic mass is 14.6. The zero-order chi connectivity index (χ0) is 9.97. The second-order valence-corrected chi connectivity index (χ2v) is 4.00. The quantitative estimate of drug-likeness (QED) is 0.755. The van der Waals surface area contributed by atoms with Crippen LogP contribution in [0.4, 0.5) is 0 Å². The third-order valence-corrected chi connectivity index (χ3v) is 2.84. The smallest absolute Gasteiger partial charge is 0.0272 e. The lowest BCUT2D eigenvalue weighted by molar-refractivity contribution is 0.813. The summed E-state index contributed by atoms with van der Waals surface area (Å²) in [5.41, 5.74) is 10.1. The van der Waals surface area contributed by atoms with Crippen molar-refractivity contribution >= 4 is 5.57 Å². The van der Waals surface area contributed by atoms with Crippen molar-refractivity contribution in [2.24, 2.45) is 5.73 Å². The van der Waals surface area contributed by atoms with Crippen LogP contribution in [0.5, 0.6) is 0 Å². The average Bonchev–Trinajstić information content (AvgIpc) is 2.70. The molecule has 0 fully saturated rings. The Morgan fingerprint density at radius 1 is 1.29 bits per heavy atom. The van der Waals surface area contributed by atoms with E-state index in [2.05, 4.69) is 30.3 Å². The maximum Gasteiger partial charge on any atom is 0.0272 e. The predicted molar refractivity (Wildman–Crippen MR) is 60.9 cm³/mol. The molecule has 1 atom stereocenters. The Hall–Kier alpha value is -1.08. The van der Waals surface area contributed by atoms with Gasteiger partial charge in [0.15, 0.2) is 0 Å². The van der Waals surface area contributed by atoms with Gasteiger partial charge in [-0.1, -0.05) is 30.3 Å². The van der Waals surface area contributed by atoms with Gasteiger partial charge < -0.3 is 5.73 Å². The van der Waals surface area contributed by atoms with Crippen LogP contribution in [-0.4, -0.2) is 0 Å². The fourth-order valence-electron chi connectivity index (χ4n) is 2.10. The number of allylic oxidation sites excluding steroid dienone is 2. The highest BCUT2D eigenvalue weighted by Gasteiger charge is 2.12. The molecular weight excluding hydrogens is 170 g/mol. The van der Waals surface area contributed by atoms with Crippen LogP contribution in [0.2, 0.25) is 0 Å². The molecule has 14 heavy (non-hydrogen) atoms. The van der Waals surface area contributed by atoms with Gasteiger partial charge in [0.2, 0.25) is 0 Å². The monoisotopic (exact) mass is 187 g/mol. The summed E-state index contributed by atoms with van der Waals surface area (Å²) in [6, 6.07) is 8.63. The fourth-order valence-corrected chi connectivity index (χ4v) is 2.10. The Morgan fingerprint density at radius 3 is 2.71 bits per heavy atom. The van der Waals surface area contributed by atoms with Crippen LogP contribution < -0.4 is 5.73 Å². The molecule has 1 aromatic carbocycles. The zero-order valence-electron chi connectivity index (χ0n) is 8.66. The Bertz CT molecular complexity index is 350. The lowest BCUT2D eigenvalue weighted by atomic mass is 9.95. The molecule has 0 saturated carbocycles. The molecule has 1 unspecified atom stereocenters. The van der Waals surface area contributed by atoms with E-state index in [1.165, 1.54) is 36.0 Å². The molecule has 0 bridgehead atoms. The van der Waals surface area contributed by atoms with Crippen LogP contribution in [0, 0.1) is 0 Å². The van der Waals surface area contributed by atoms with Gasteiger partial charge >= 0.3 is 0 Å². The third kappa shape index (κ3) is 1.73. The molecule has 0 radical (unpaired) electrons. The van der Waals surface area contributed by atoms with Crippen molar-refractivity contribution < 1.29 is 0 Å². The Kier molecular flexibility index (Phi) is 2.69. The normalized spacial score (nSPS) is 18.0. The minimum atomic E-state index is 0.132. The highest BCUT2D eigenvalue weighted by Crippen LogP contribution is 2.31. The lowest BCUT2D eigenvalue weighted by Gasteiger charge is -2.13. The van der Waals surface area contributed by atoms with Crippen molar-refractivity contribution in [2.45, 2.75) is 32.2 Å². The number of nitrogens with two attached hydrogens (primary N) is 1. The largest absolute Gasteiger partial charge is 0.324 e. The number of hydrogen-bond acceptors (Lipinski definition) is 1. The summed E-state index contributed by atoms with van der Waals surface area (Å²) in [6.07, 6.45) is 6.08. The van der Waals surface area contributed by atoms with Crippen LogP contribution in [0.15, 0.2) is 30.3 Å². The van der Waals surface area contributed by atoms with E-state index >= 15 is 0 Å². The van der Waals surface area contributed by atoms with Gasteiger partial charge in [0, 0.05) is 6.04 Å². The minimum absolute atomic E-state index is 0.132. The van der Waals surface area contributed by atoms with Crippen LogP contribution >= 0.6 is 0 Å². The van der Waals surface area contributed by atoms with Gasteiger partial charge in [-0.25, -0.2) is 0 Å². The first-order valence-corrected chi connectivity index (χ1v) is 5.33. The number of hydrogen-bond donors (Lipinski definition) is 1. The molecule has 0 aliphatic heterocycles. The predicted octanol–water partition coefficient (Wildman–Crippen LogP) is 3.27. The fraction of sp³-hybridized carbons (Fsp3) is 0.385. The second-order valence-electron chi connectivity index (χ2n) is 4.00. The first-order valence-electron chi connectivity index (χ1n) is 5.33. The summed E-state index contributed by atoms with van der Waals surface area (Å²) >= 11 is 0. The molecular formula is C13H17N. The Morgan fingerprint density at radius 2 is 2.07 bits per heavy atom. The van der Waals surface area contributed by atoms with Crippen molar-refractivity contribution in [1.82, 2.24) is 0 Å². The zero-order valence-corrected chi connectivity index (χ0v) is 8.66. The van der Waals surface area contributed by atoms with Gasteiger partial charge in [-0.05, 0) is 42.9 Å². The summed E-state index contributed by atoms with van der Waals surface area (Å²) in [6.45, 7) is 2.05. The van der Waals surface area contributed by atoms with Gasteiger partial charge in [0.25, 0.3) is 0 Å². The van der Waals surface area contributed by atoms with E-state index in [1.807, 2.05) is 6.92 Å². The van der Waals surface area contributed by atoms with Crippen molar-refractivity contribution in [2.75, 3.05) is 0 Å². The van der Waals surface area contributed by atoms with Crippen molar-refractivity contribution in [1.29, 1.82) is 0 Å². The Labute approximate surface area is 85.6 Å². The number of benzene rings is 1. The lowest BCUT2D eigenvalue weighted by Crippen LogP contribution is -2.07. The van der Waals surface area contributed by atoms with Gasteiger partial charge in [-0.15, -0.1) is 0 Å². The molecule has 2 rings (SSSR count). The van der Waals surface area contributed by atoms with Gasteiger partial charge in [0.05, 0.1) is 0 Å². The summed E-state index contributed by atoms with van der Waals surface area (Å²) in [7, 11) is 0. The van der Waals surface area contributed by atoms with E-state index in [0.29, 0.717) is 0 Å². The molecule has 0 aromatic heterocycles. The summed E-state index contributed by atoms with van der Waals surface area (Å²) in [4.78, 5) is 0. The average molecular weight is 187 g/mol. The molecule has 0 spiro atoms. The van der Waals surface area contributed by atoms with Crippen LogP contribution in [-0.2, 0) is 0 Å². The molecule has 1 aliphatic carbocycles. The summed E-state index contributed by atoms with van der Waals surface area (Å²) < 4.78 is 0. The van der Waals surface area contributed by atoms with Gasteiger partial charge in [0.1, 0.15) is 0 Å². The standard InChI is InChI=1S/C13H17N/c1-10(14)12-8-4-5-9-13(12)11-6-2-3-7-11/h4-6,8-10H,2-3,7,14H2,1H3. The molecule has 1 aliphatic rings. The van der Waals surface area contributed by atoms with E-state index in [9.17, 15) is 0 Å². The first kappa shape index (κ1) is 9.47. The molecule has 0 heterocycles. The molecule has 1 nitrogen and oxygen atoms in total. The molecule has 1 heteroatoms. The maximum atomic E-state index is 5.95. The molecule has 1 aromatic rings. The summed E-state index contributed by atoms with van der Waals surface area (Å²) in [5.74, 6) is 0. The van der Waals surface area contributed by atoms with E-state index in [4.69, 9.17) is 5.73 Å². The van der Waals surface area contributed by atoms with Crippen LogP contribution in [0.3, 0.4) is 0 Å². The number of rotatable bonds is 2. The maximum absolute atomic E-state index is 5.95. The van der Waals surface area contributed by atoms with E-state index in [-0.39, 0.29) is 6.04 Å². The van der Waals surface area contributed by atoms with Crippen LogP contribution in [0.1, 0.15) is 43.4 Å². The van der Waals surface area contributed by atoms with Gasteiger partial charge in [-0.3, -0.25) is 0 Å². The third-order valence-electron chi connectivity index (χ3n) is 2.84. The van der Waals surface area contributed by atoms with Gasteiger partial charge in [-0.2, -0.15) is 0 Å². The topological polar surface area (TPSA) is 26.0 Å². The molecule has 0 amide bonds. The molecule has 0 saturated heterocycles. The minimum Gasteiger partial charge on any atom is -0.324 e. The van der Waals surface area contributed by atoms with Crippen molar-refractivity contribution in [3.63, 3.8) is 0 Å². The summed E-state index contributed by atoms with van der Waals surface area (Å²) in [5, 5.41) is 0. The highest BCUT2D eigenvalue weighted by molar-refractivity contribution is 5.70. The van der Waals surface area contributed by atoms with E-state index < -0.39 is 0 Å². The second kappa shape index (κ2) is 3.97. The van der Waals surface area contributed by atoms with Crippen molar-refractivity contribution in [3.05, 3.63) is 41.5 Å². The Balaban J connectivity index is 2.41. The first-order chi connectivity index (χ1) is 6.79.